The first-order valence-electron chi connectivity index (χ1n) is 24.4. The SMILES string of the molecule is CCCCCCCOC(=O)CCCCC(CCCCCC)OC(=O)OCCCN(CCCOCC(CCCCCCC)CCCCCCC)CCN(CC)CC. The fourth-order valence-corrected chi connectivity index (χ4v) is 7.46. The summed E-state index contributed by atoms with van der Waals surface area (Å²) in [4.78, 5) is 30.0. The average Bonchev–Trinajstić information content (AvgIpc) is 3.20. The van der Waals surface area contributed by atoms with Crippen molar-refractivity contribution in [3.63, 3.8) is 0 Å². The number of nitrogens with zero attached hydrogens (tertiary/aromatic N) is 2. The Morgan fingerprint density at radius 3 is 1.48 bits per heavy atom. The Morgan fingerprint density at radius 2 is 0.911 bits per heavy atom. The Balaban J connectivity index is 4.75. The first kappa shape index (κ1) is 54.6. The topological polar surface area (TPSA) is 77.5 Å². The predicted molar refractivity (Wildman–Crippen MR) is 238 cm³/mol. The fraction of sp³-hybridized carbons (Fsp3) is 0.958. The number of likely N-dealkylation sites (N-methyl/N-ethyl adjacent to an activating group) is 1. The molecule has 0 aliphatic heterocycles. The van der Waals surface area contributed by atoms with Gasteiger partial charge in [0.25, 0.3) is 0 Å². The van der Waals surface area contributed by atoms with Gasteiger partial charge in [-0.3, -0.25) is 4.79 Å². The molecule has 0 aromatic heterocycles. The molecule has 0 saturated heterocycles. The minimum absolute atomic E-state index is 0.111. The van der Waals surface area contributed by atoms with Crippen LogP contribution in [0.4, 0.5) is 4.79 Å². The molecule has 8 nitrogen and oxygen atoms in total. The molecule has 0 N–H and O–H groups in total. The summed E-state index contributed by atoms with van der Waals surface area (Å²) >= 11 is 0. The number of ether oxygens (including phenoxy) is 4. The fourth-order valence-electron chi connectivity index (χ4n) is 7.46. The van der Waals surface area contributed by atoms with E-state index in [9.17, 15) is 9.59 Å². The van der Waals surface area contributed by atoms with Gasteiger partial charge in [0.05, 0.1) is 13.2 Å². The van der Waals surface area contributed by atoms with Crippen LogP contribution in [0.25, 0.3) is 0 Å². The highest BCUT2D eigenvalue weighted by Gasteiger charge is 2.17. The number of carbonyl (C=O) groups is 2. The smallest absolute Gasteiger partial charge is 0.466 e. The molecule has 1 atom stereocenters. The van der Waals surface area contributed by atoms with Crippen LogP contribution in [0.5, 0.6) is 0 Å². The van der Waals surface area contributed by atoms with Gasteiger partial charge >= 0.3 is 12.1 Å². The van der Waals surface area contributed by atoms with E-state index in [1.807, 2.05) is 0 Å². The van der Waals surface area contributed by atoms with Crippen LogP contribution in [0.2, 0.25) is 0 Å². The Morgan fingerprint density at radius 1 is 0.446 bits per heavy atom. The summed E-state index contributed by atoms with van der Waals surface area (Å²) in [6.07, 6.45) is 31.1. The summed E-state index contributed by atoms with van der Waals surface area (Å²) in [5.41, 5.74) is 0. The van der Waals surface area contributed by atoms with E-state index in [1.165, 1.54) is 109 Å². The molecule has 0 saturated carbocycles. The molecule has 8 heteroatoms. The Labute approximate surface area is 348 Å². The second kappa shape index (κ2) is 43.2. The molecule has 0 rings (SSSR count). The Bertz CT molecular complexity index is 811. The molecule has 1 unspecified atom stereocenters. The standard InChI is InChI=1S/C48H96N2O6/c1-7-13-17-21-24-32-45(33-25-22-18-14-8-2)44-53-41-30-37-50(40-39-49(11-5)12-6)38-31-43-55-48(52)56-46(34-26-20-16-10-4)35-27-28-36-47(51)54-42-29-23-19-15-9-3/h45-46H,7-44H2,1-6H3. The molecule has 0 aromatic rings. The quantitative estimate of drug-likeness (QED) is 0.0446. The molecular formula is C48H96N2O6. The van der Waals surface area contributed by atoms with Crippen LogP contribution < -0.4 is 0 Å². The Kier molecular flexibility index (Phi) is 42.1. The maximum atomic E-state index is 12.8. The summed E-state index contributed by atoms with van der Waals surface area (Å²) in [7, 11) is 0. The van der Waals surface area contributed by atoms with Gasteiger partial charge in [-0.15, -0.1) is 0 Å². The van der Waals surface area contributed by atoms with Crippen molar-refractivity contribution < 1.29 is 28.5 Å². The van der Waals surface area contributed by atoms with Crippen molar-refractivity contribution in [2.45, 2.75) is 227 Å². The third-order valence-corrected chi connectivity index (χ3v) is 11.3. The van der Waals surface area contributed by atoms with E-state index in [4.69, 9.17) is 18.9 Å². The van der Waals surface area contributed by atoms with Crippen molar-refractivity contribution in [3.05, 3.63) is 0 Å². The van der Waals surface area contributed by atoms with Crippen molar-refractivity contribution >= 4 is 12.1 Å². The molecule has 334 valence electrons. The number of rotatable bonds is 44. The first-order valence-corrected chi connectivity index (χ1v) is 24.4. The van der Waals surface area contributed by atoms with Crippen LogP contribution in [0.1, 0.15) is 221 Å². The lowest BCUT2D eigenvalue weighted by Crippen LogP contribution is -2.37. The zero-order chi connectivity index (χ0) is 41.2. The van der Waals surface area contributed by atoms with Gasteiger partial charge in [-0.25, -0.2) is 4.79 Å². The third-order valence-electron chi connectivity index (χ3n) is 11.3. The van der Waals surface area contributed by atoms with Gasteiger partial charge in [-0.1, -0.05) is 151 Å². The van der Waals surface area contributed by atoms with E-state index in [0.29, 0.717) is 25.6 Å². The molecule has 0 radical (unpaired) electrons. The number of hydrogen-bond acceptors (Lipinski definition) is 8. The second-order valence-corrected chi connectivity index (χ2v) is 16.5. The van der Waals surface area contributed by atoms with Gasteiger partial charge in [0.1, 0.15) is 6.10 Å². The summed E-state index contributed by atoms with van der Waals surface area (Å²) in [6, 6.07) is 0. The van der Waals surface area contributed by atoms with Gasteiger partial charge < -0.3 is 28.7 Å². The normalized spacial score (nSPS) is 12.2. The highest BCUT2D eigenvalue weighted by Crippen LogP contribution is 2.20. The highest BCUT2D eigenvalue weighted by molar-refractivity contribution is 5.69. The highest BCUT2D eigenvalue weighted by atomic mass is 16.7. The van der Waals surface area contributed by atoms with E-state index < -0.39 is 6.16 Å². The van der Waals surface area contributed by atoms with Crippen LogP contribution in [0.15, 0.2) is 0 Å². The molecule has 0 spiro atoms. The second-order valence-electron chi connectivity index (χ2n) is 16.5. The van der Waals surface area contributed by atoms with Crippen LogP contribution in [0, 0.1) is 5.92 Å². The molecule has 0 aliphatic carbocycles. The predicted octanol–water partition coefficient (Wildman–Crippen LogP) is 13.3. The lowest BCUT2D eigenvalue weighted by molar-refractivity contribution is -0.143. The zero-order valence-corrected chi connectivity index (χ0v) is 38.4. The van der Waals surface area contributed by atoms with E-state index in [2.05, 4.69) is 51.3 Å². The van der Waals surface area contributed by atoms with Crippen LogP contribution in [0.3, 0.4) is 0 Å². The van der Waals surface area contributed by atoms with E-state index in [-0.39, 0.29) is 12.1 Å². The molecule has 56 heavy (non-hydrogen) atoms. The number of hydrogen-bond donors (Lipinski definition) is 0. The van der Waals surface area contributed by atoms with E-state index in [1.54, 1.807) is 0 Å². The lowest BCUT2D eigenvalue weighted by atomic mass is 9.95. The van der Waals surface area contributed by atoms with E-state index >= 15 is 0 Å². The van der Waals surface area contributed by atoms with Gasteiger partial charge in [0, 0.05) is 45.8 Å². The maximum Gasteiger partial charge on any atom is 0.508 e. The van der Waals surface area contributed by atoms with Gasteiger partial charge in [0.2, 0.25) is 0 Å². The third kappa shape index (κ3) is 36.9. The molecule has 0 amide bonds. The van der Waals surface area contributed by atoms with Crippen molar-refractivity contribution in [3.8, 4) is 0 Å². The number of esters is 1. The number of carbonyl (C=O) groups excluding carboxylic acids is 2. The molecule has 0 heterocycles. The minimum Gasteiger partial charge on any atom is -0.466 e. The van der Waals surface area contributed by atoms with Crippen LogP contribution in [-0.2, 0) is 23.7 Å². The average molecular weight is 797 g/mol. The lowest BCUT2D eigenvalue weighted by Gasteiger charge is -2.26. The minimum atomic E-state index is -0.554. The summed E-state index contributed by atoms with van der Waals surface area (Å²) < 4.78 is 23.2. The first-order chi connectivity index (χ1) is 27.4. The molecular weight excluding hydrogens is 701 g/mol. The monoisotopic (exact) mass is 797 g/mol. The van der Waals surface area contributed by atoms with Crippen LogP contribution >= 0.6 is 0 Å². The molecule has 0 fully saturated rings. The van der Waals surface area contributed by atoms with Crippen molar-refractivity contribution in [1.82, 2.24) is 9.80 Å². The summed E-state index contributed by atoms with van der Waals surface area (Å²) in [5.74, 6) is 0.586. The molecule has 0 bridgehead atoms. The molecule has 0 aliphatic rings. The zero-order valence-electron chi connectivity index (χ0n) is 38.4. The van der Waals surface area contributed by atoms with Crippen molar-refractivity contribution in [2.24, 2.45) is 5.92 Å². The van der Waals surface area contributed by atoms with Gasteiger partial charge in [0.15, 0.2) is 0 Å². The van der Waals surface area contributed by atoms with Gasteiger partial charge in [-0.2, -0.15) is 0 Å². The van der Waals surface area contributed by atoms with Gasteiger partial charge in [-0.05, 0) is 83.2 Å². The van der Waals surface area contributed by atoms with Crippen LogP contribution in [-0.4, -0.2) is 93.7 Å². The maximum absolute atomic E-state index is 12.8. The van der Waals surface area contributed by atoms with Crippen molar-refractivity contribution in [1.29, 1.82) is 0 Å². The number of unbranched alkanes of at least 4 members (excludes halogenated alkanes) is 16. The van der Waals surface area contributed by atoms with E-state index in [0.717, 1.165) is 117 Å². The van der Waals surface area contributed by atoms with Crippen molar-refractivity contribution in [2.75, 3.05) is 65.7 Å². The summed E-state index contributed by atoms with van der Waals surface area (Å²) in [6.45, 7) is 22.1. The molecule has 0 aromatic carbocycles. The Hall–Kier alpha value is -1.38. The largest absolute Gasteiger partial charge is 0.508 e. The summed E-state index contributed by atoms with van der Waals surface area (Å²) in [5, 5.41) is 0.